The number of rotatable bonds is 4. The van der Waals surface area contributed by atoms with Crippen LogP contribution < -0.4 is 4.74 Å². The summed E-state index contributed by atoms with van der Waals surface area (Å²) in [7, 11) is 1.63. The Balaban J connectivity index is 2.19. The van der Waals surface area contributed by atoms with Crippen molar-refractivity contribution in [2.75, 3.05) is 7.11 Å². The van der Waals surface area contributed by atoms with E-state index in [2.05, 4.69) is 15.9 Å². The van der Waals surface area contributed by atoms with Gasteiger partial charge in [-0.05, 0) is 42.2 Å². The maximum Gasteiger partial charge on any atom is 0.129 e. The van der Waals surface area contributed by atoms with Crippen LogP contribution >= 0.6 is 15.9 Å². The van der Waals surface area contributed by atoms with Gasteiger partial charge in [0, 0.05) is 10.9 Å². The van der Waals surface area contributed by atoms with E-state index in [1.165, 1.54) is 12.1 Å². The van der Waals surface area contributed by atoms with Gasteiger partial charge < -0.3 is 4.74 Å². The Labute approximate surface area is 125 Å². The normalized spacial score (nSPS) is 12.2. The van der Waals surface area contributed by atoms with Gasteiger partial charge in [0.05, 0.1) is 7.11 Å². The van der Waals surface area contributed by atoms with E-state index >= 15 is 0 Å². The van der Waals surface area contributed by atoms with E-state index in [1.54, 1.807) is 7.11 Å². The second kappa shape index (κ2) is 6.35. The van der Waals surface area contributed by atoms with Crippen molar-refractivity contribution in [2.24, 2.45) is 0 Å². The van der Waals surface area contributed by atoms with Gasteiger partial charge in [-0.2, -0.15) is 0 Å². The molecule has 2 aromatic rings. The molecule has 2 rings (SSSR count). The summed E-state index contributed by atoms with van der Waals surface area (Å²) in [4.78, 5) is -0.0351. The molecule has 1 atom stereocenters. The Kier molecular flexibility index (Phi) is 4.76. The fourth-order valence-electron chi connectivity index (χ4n) is 2.09. The number of ether oxygens (including phenoxy) is 1. The van der Waals surface area contributed by atoms with Crippen LogP contribution in [0.5, 0.6) is 5.75 Å². The van der Waals surface area contributed by atoms with Gasteiger partial charge in [-0.1, -0.05) is 34.1 Å². The van der Waals surface area contributed by atoms with Crippen LogP contribution in [-0.2, 0) is 6.42 Å². The SMILES string of the molecule is COc1ccc(C(Br)Cc2ccc(F)cc2F)cc1C. The molecule has 0 saturated carbocycles. The van der Waals surface area contributed by atoms with E-state index in [9.17, 15) is 8.78 Å². The van der Waals surface area contributed by atoms with Crippen LogP contribution in [0.25, 0.3) is 0 Å². The van der Waals surface area contributed by atoms with Crippen molar-refractivity contribution >= 4 is 15.9 Å². The highest BCUT2D eigenvalue weighted by molar-refractivity contribution is 9.09. The molecule has 1 unspecified atom stereocenters. The molecule has 0 saturated heterocycles. The summed E-state index contributed by atoms with van der Waals surface area (Å²) in [5.41, 5.74) is 2.54. The third-order valence-electron chi connectivity index (χ3n) is 3.19. The molecule has 0 fully saturated rings. The average molecular weight is 341 g/mol. The minimum atomic E-state index is -0.558. The van der Waals surface area contributed by atoms with Gasteiger partial charge in [-0.25, -0.2) is 8.78 Å². The first-order valence-corrected chi connectivity index (χ1v) is 7.15. The van der Waals surface area contributed by atoms with Crippen molar-refractivity contribution in [2.45, 2.75) is 18.2 Å². The predicted octanol–water partition coefficient (Wildman–Crippen LogP) is 4.96. The van der Waals surface area contributed by atoms with E-state index in [4.69, 9.17) is 4.74 Å². The second-order valence-corrected chi connectivity index (χ2v) is 5.74. The lowest BCUT2D eigenvalue weighted by Gasteiger charge is -2.13. The summed E-state index contributed by atoms with van der Waals surface area (Å²) in [6.07, 6.45) is 0.456. The molecular formula is C16H15BrF2O. The van der Waals surface area contributed by atoms with Crippen molar-refractivity contribution in [1.82, 2.24) is 0 Å². The quantitative estimate of drug-likeness (QED) is 0.714. The van der Waals surface area contributed by atoms with Gasteiger partial charge in [0.25, 0.3) is 0 Å². The molecular weight excluding hydrogens is 326 g/mol. The lowest BCUT2D eigenvalue weighted by atomic mass is 10.0. The highest BCUT2D eigenvalue weighted by Gasteiger charge is 2.13. The molecule has 0 amide bonds. The Morgan fingerprint density at radius 2 is 1.90 bits per heavy atom. The van der Waals surface area contributed by atoms with Crippen molar-refractivity contribution in [3.05, 3.63) is 64.7 Å². The van der Waals surface area contributed by atoms with Gasteiger partial charge in [-0.3, -0.25) is 0 Å². The van der Waals surface area contributed by atoms with Crippen LogP contribution in [0.15, 0.2) is 36.4 Å². The van der Waals surface area contributed by atoms with Crippen LogP contribution in [0.1, 0.15) is 21.5 Å². The maximum absolute atomic E-state index is 13.6. The molecule has 0 aliphatic rings. The third kappa shape index (κ3) is 3.37. The number of hydrogen-bond donors (Lipinski definition) is 0. The number of aryl methyl sites for hydroxylation is 1. The minimum absolute atomic E-state index is 0.0351. The van der Waals surface area contributed by atoms with Gasteiger partial charge in [-0.15, -0.1) is 0 Å². The first kappa shape index (κ1) is 15.0. The molecule has 0 spiro atoms. The van der Waals surface area contributed by atoms with E-state index in [1.807, 2.05) is 25.1 Å². The highest BCUT2D eigenvalue weighted by atomic mass is 79.9. The Hall–Kier alpha value is -1.42. The summed E-state index contributed by atoms with van der Waals surface area (Å²) in [5.74, 6) is -0.251. The van der Waals surface area contributed by atoms with Gasteiger partial charge in [0.2, 0.25) is 0 Å². The summed E-state index contributed by atoms with van der Waals surface area (Å²) in [6.45, 7) is 1.96. The molecule has 106 valence electrons. The lowest BCUT2D eigenvalue weighted by molar-refractivity contribution is 0.411. The molecule has 0 radical (unpaired) electrons. The van der Waals surface area contributed by atoms with Crippen LogP contribution in [0.2, 0.25) is 0 Å². The minimum Gasteiger partial charge on any atom is -0.496 e. The second-order valence-electron chi connectivity index (χ2n) is 4.64. The number of hydrogen-bond acceptors (Lipinski definition) is 1. The molecule has 20 heavy (non-hydrogen) atoms. The molecule has 0 aliphatic heterocycles. The van der Waals surface area contributed by atoms with Crippen molar-refractivity contribution in [3.8, 4) is 5.75 Å². The molecule has 0 heterocycles. The lowest BCUT2D eigenvalue weighted by Crippen LogP contribution is -1.99. The molecule has 0 bridgehead atoms. The zero-order valence-corrected chi connectivity index (χ0v) is 12.9. The van der Waals surface area contributed by atoms with Crippen molar-refractivity contribution < 1.29 is 13.5 Å². The first-order valence-electron chi connectivity index (χ1n) is 6.24. The Bertz CT molecular complexity index is 613. The fraction of sp³-hybridized carbons (Fsp3) is 0.250. The van der Waals surface area contributed by atoms with Gasteiger partial charge >= 0.3 is 0 Å². The molecule has 4 heteroatoms. The van der Waals surface area contributed by atoms with Crippen molar-refractivity contribution in [3.63, 3.8) is 0 Å². The summed E-state index contributed by atoms with van der Waals surface area (Å²) in [5, 5.41) is 0. The standard InChI is InChI=1S/C16H15BrF2O/c1-10-7-11(4-6-16(10)20-2)14(17)8-12-3-5-13(18)9-15(12)19/h3-7,9,14H,8H2,1-2H3. The molecule has 0 N–H and O–H groups in total. The van der Waals surface area contributed by atoms with Crippen molar-refractivity contribution in [1.29, 1.82) is 0 Å². The summed E-state index contributed by atoms with van der Waals surface area (Å²) in [6, 6.07) is 9.49. The van der Waals surface area contributed by atoms with Crippen LogP contribution in [0.4, 0.5) is 8.78 Å². The number of alkyl halides is 1. The topological polar surface area (TPSA) is 9.23 Å². The van der Waals surface area contributed by atoms with Gasteiger partial charge in [0.15, 0.2) is 0 Å². The van der Waals surface area contributed by atoms with Crippen LogP contribution in [-0.4, -0.2) is 7.11 Å². The zero-order valence-electron chi connectivity index (χ0n) is 11.3. The van der Waals surface area contributed by atoms with E-state index in [0.29, 0.717) is 12.0 Å². The van der Waals surface area contributed by atoms with Crippen LogP contribution in [0, 0.1) is 18.6 Å². The predicted molar refractivity (Wildman–Crippen MR) is 79.5 cm³/mol. The monoisotopic (exact) mass is 340 g/mol. The highest BCUT2D eigenvalue weighted by Crippen LogP contribution is 2.31. The first-order chi connectivity index (χ1) is 9.51. The Morgan fingerprint density at radius 1 is 1.15 bits per heavy atom. The largest absolute Gasteiger partial charge is 0.496 e. The molecule has 0 aromatic heterocycles. The number of methoxy groups -OCH3 is 1. The third-order valence-corrected chi connectivity index (χ3v) is 4.05. The van der Waals surface area contributed by atoms with Gasteiger partial charge in [0.1, 0.15) is 17.4 Å². The average Bonchev–Trinajstić information content (AvgIpc) is 2.41. The number of benzene rings is 2. The summed E-state index contributed by atoms with van der Waals surface area (Å²) >= 11 is 3.55. The summed E-state index contributed by atoms with van der Waals surface area (Å²) < 4.78 is 31.7. The van der Waals surface area contributed by atoms with E-state index < -0.39 is 11.6 Å². The number of halogens is 3. The smallest absolute Gasteiger partial charge is 0.129 e. The molecule has 0 aliphatic carbocycles. The maximum atomic E-state index is 13.6. The van der Waals surface area contributed by atoms with Crippen LogP contribution in [0.3, 0.4) is 0 Å². The molecule has 2 aromatic carbocycles. The van der Waals surface area contributed by atoms with E-state index in [-0.39, 0.29) is 4.83 Å². The zero-order chi connectivity index (χ0) is 14.7. The Morgan fingerprint density at radius 3 is 2.50 bits per heavy atom. The van der Waals surface area contributed by atoms with E-state index in [0.717, 1.165) is 22.9 Å². The fourth-order valence-corrected chi connectivity index (χ4v) is 2.73. The molecule has 1 nitrogen and oxygen atoms in total.